The molecule has 34 heavy (non-hydrogen) atoms. The number of aryl methyl sites for hydroxylation is 4. The van der Waals surface area contributed by atoms with E-state index in [4.69, 9.17) is 5.41 Å². The molecule has 7 heteroatoms. The van der Waals surface area contributed by atoms with Gasteiger partial charge in [-0.1, -0.05) is 42.5 Å². The second-order valence-electron chi connectivity index (χ2n) is 8.64. The minimum atomic E-state index is -0.415. The molecule has 0 unspecified atom stereocenters. The number of hydrazone groups is 1. The van der Waals surface area contributed by atoms with Crippen LogP contribution in [0, 0.1) is 40.0 Å². The smallest absolute Gasteiger partial charge is 0.283 e. The summed E-state index contributed by atoms with van der Waals surface area (Å²) >= 11 is 1.32. The molecule has 2 aliphatic rings. The number of nitrogens with zero attached hydrogens (tertiary/aromatic N) is 4. The summed E-state index contributed by atoms with van der Waals surface area (Å²) in [6, 6.07) is 16.3. The molecule has 0 saturated carbocycles. The van der Waals surface area contributed by atoms with Crippen molar-refractivity contribution in [2.75, 3.05) is 0 Å². The Kier molecular flexibility index (Phi) is 5.37. The van der Waals surface area contributed by atoms with Gasteiger partial charge >= 0.3 is 0 Å². The summed E-state index contributed by atoms with van der Waals surface area (Å²) < 4.78 is 2.21. The molecular weight excluding hydrogens is 442 g/mol. The molecule has 3 aromatic rings. The molecule has 170 valence electrons. The molecule has 1 N–H and O–H groups in total. The van der Waals surface area contributed by atoms with Crippen molar-refractivity contribution in [1.82, 2.24) is 9.58 Å². The molecule has 0 radical (unpaired) electrons. The average molecular weight is 468 g/mol. The Morgan fingerprint density at radius 1 is 0.941 bits per heavy atom. The fourth-order valence-electron chi connectivity index (χ4n) is 4.51. The van der Waals surface area contributed by atoms with Crippen LogP contribution < -0.4 is 0 Å². The van der Waals surface area contributed by atoms with Gasteiger partial charge in [0.05, 0.1) is 11.3 Å². The molecule has 0 fully saturated rings. The van der Waals surface area contributed by atoms with Crippen LogP contribution in [0.4, 0.5) is 0 Å². The minimum absolute atomic E-state index is 0.0444. The third-order valence-corrected chi connectivity index (χ3v) is 7.20. The first kappa shape index (κ1) is 22.1. The fourth-order valence-corrected chi connectivity index (χ4v) is 5.49. The van der Waals surface area contributed by atoms with Crippen molar-refractivity contribution >= 4 is 39.8 Å². The lowest BCUT2D eigenvalue weighted by molar-refractivity contribution is -0.114. The Hall–Kier alpha value is -3.71. The van der Waals surface area contributed by atoms with E-state index in [2.05, 4.69) is 59.7 Å². The molecule has 1 aromatic heterocycles. The summed E-state index contributed by atoms with van der Waals surface area (Å²) in [5, 5.41) is 16.0. The zero-order chi connectivity index (χ0) is 24.1. The van der Waals surface area contributed by atoms with Gasteiger partial charge in [-0.25, -0.2) is 0 Å². The van der Waals surface area contributed by atoms with Crippen LogP contribution in [-0.4, -0.2) is 31.5 Å². The van der Waals surface area contributed by atoms with Crippen LogP contribution in [0.5, 0.6) is 0 Å². The van der Waals surface area contributed by atoms with Crippen molar-refractivity contribution in [2.45, 2.75) is 34.6 Å². The molecule has 0 bridgehead atoms. The molecule has 2 aromatic carbocycles. The first-order valence-electron chi connectivity index (χ1n) is 11.1. The number of carbonyl (C=O) groups is 1. The Morgan fingerprint density at radius 2 is 1.62 bits per heavy atom. The summed E-state index contributed by atoms with van der Waals surface area (Å²) in [6.07, 6.45) is 1.77. The van der Waals surface area contributed by atoms with Gasteiger partial charge in [-0.15, -0.1) is 0 Å². The number of hydrogen-bond acceptors (Lipinski definition) is 4. The van der Waals surface area contributed by atoms with Gasteiger partial charge in [-0.3, -0.25) is 10.2 Å². The highest BCUT2D eigenvalue weighted by atomic mass is 32.2. The summed E-state index contributed by atoms with van der Waals surface area (Å²) in [5.41, 5.74) is 8.79. The lowest BCUT2D eigenvalue weighted by atomic mass is 10.1. The topological polar surface area (TPSA) is 73.8 Å². The number of aliphatic imine (C=N–C) groups is 1. The second-order valence-corrected chi connectivity index (χ2v) is 9.60. The van der Waals surface area contributed by atoms with Crippen molar-refractivity contribution in [3.63, 3.8) is 0 Å². The van der Waals surface area contributed by atoms with E-state index in [1.54, 1.807) is 6.08 Å². The lowest BCUT2D eigenvalue weighted by Crippen LogP contribution is -2.35. The van der Waals surface area contributed by atoms with Crippen LogP contribution in [-0.2, 0) is 4.79 Å². The van der Waals surface area contributed by atoms with Gasteiger partial charge < -0.3 is 4.57 Å². The van der Waals surface area contributed by atoms with Crippen molar-refractivity contribution in [3.8, 4) is 5.69 Å². The van der Waals surface area contributed by atoms with E-state index < -0.39 is 5.91 Å². The third kappa shape index (κ3) is 3.53. The van der Waals surface area contributed by atoms with Crippen LogP contribution >= 0.6 is 11.8 Å². The monoisotopic (exact) mass is 467 g/mol. The number of para-hydroxylation sites is 1. The van der Waals surface area contributed by atoms with Gasteiger partial charge in [0.1, 0.15) is 5.04 Å². The maximum absolute atomic E-state index is 12.9. The number of thioether (sulfide) groups is 1. The summed E-state index contributed by atoms with van der Waals surface area (Å²) in [4.78, 5) is 17.2. The summed E-state index contributed by atoms with van der Waals surface area (Å²) in [6.45, 7) is 10.3. The number of nitrogens with one attached hydrogen (secondary N) is 1. The number of hydrogen-bond donors (Lipinski definition) is 1. The van der Waals surface area contributed by atoms with Gasteiger partial charge in [-0.05, 0) is 80.8 Å². The van der Waals surface area contributed by atoms with Crippen LogP contribution in [0.3, 0.4) is 0 Å². The van der Waals surface area contributed by atoms with Crippen molar-refractivity contribution < 1.29 is 4.79 Å². The van der Waals surface area contributed by atoms with Crippen LogP contribution in [0.25, 0.3) is 11.8 Å². The number of rotatable bonds is 3. The van der Waals surface area contributed by atoms with E-state index in [1.807, 2.05) is 38.1 Å². The first-order valence-corrected chi connectivity index (χ1v) is 11.9. The summed E-state index contributed by atoms with van der Waals surface area (Å²) in [7, 11) is 0. The average Bonchev–Trinajstić information content (AvgIpc) is 3.33. The van der Waals surface area contributed by atoms with Crippen LogP contribution in [0.1, 0.15) is 39.2 Å². The molecule has 0 aliphatic carbocycles. The van der Waals surface area contributed by atoms with E-state index >= 15 is 0 Å². The van der Waals surface area contributed by atoms with Gasteiger partial charge in [0, 0.05) is 17.0 Å². The molecular formula is C27H25N5OS. The highest BCUT2D eigenvalue weighted by Crippen LogP contribution is 2.33. The van der Waals surface area contributed by atoms with Crippen molar-refractivity contribution in [1.29, 1.82) is 5.41 Å². The Labute approximate surface area is 203 Å². The lowest BCUT2D eigenvalue weighted by Gasteiger charge is -2.20. The standard InChI is InChI=1S/C27H25N5OS/c1-15-9-6-7-12-21(15)26-30-32-24(28)22(25(33)29-27(32)34-26)14-20-13-18(4)31(19(20)5)23-16(2)10-8-11-17(23)3/h6-14,28H,1-5H3. The zero-order valence-electron chi connectivity index (χ0n) is 19.8. The molecule has 1 amide bonds. The predicted octanol–water partition coefficient (Wildman–Crippen LogP) is 5.69. The van der Waals surface area contributed by atoms with Crippen LogP contribution in [0.15, 0.2) is 64.2 Å². The molecule has 6 nitrogen and oxygen atoms in total. The largest absolute Gasteiger partial charge is 0.317 e. The van der Waals surface area contributed by atoms with Crippen LogP contribution in [0.2, 0.25) is 0 Å². The molecule has 0 spiro atoms. The molecule has 0 atom stereocenters. The number of aromatic nitrogens is 1. The van der Waals surface area contributed by atoms with Crippen molar-refractivity contribution in [3.05, 3.63) is 93.3 Å². The van der Waals surface area contributed by atoms with Gasteiger partial charge in [0.2, 0.25) is 5.17 Å². The molecule has 5 rings (SSSR count). The highest BCUT2D eigenvalue weighted by Gasteiger charge is 2.36. The quantitative estimate of drug-likeness (QED) is 0.503. The van der Waals surface area contributed by atoms with E-state index in [-0.39, 0.29) is 11.4 Å². The summed E-state index contributed by atoms with van der Waals surface area (Å²) in [5.74, 6) is -0.371. The number of carbonyl (C=O) groups excluding carboxylic acids is 1. The Morgan fingerprint density at radius 3 is 2.32 bits per heavy atom. The maximum atomic E-state index is 12.9. The third-order valence-electron chi connectivity index (χ3n) is 6.26. The maximum Gasteiger partial charge on any atom is 0.283 e. The molecule has 2 aliphatic heterocycles. The number of amidine groups is 2. The zero-order valence-corrected chi connectivity index (χ0v) is 20.6. The molecule has 0 saturated heterocycles. The Bertz CT molecular complexity index is 1450. The predicted molar refractivity (Wildman–Crippen MR) is 140 cm³/mol. The van der Waals surface area contributed by atoms with E-state index in [9.17, 15) is 4.79 Å². The normalized spacial score (nSPS) is 16.7. The second kappa shape index (κ2) is 8.25. The SMILES string of the molecule is Cc1ccccc1C1=NN2C(=N)C(=Cc3cc(C)n(-c4c(C)cccc4C)c3C)C(=O)N=C2S1. The van der Waals surface area contributed by atoms with E-state index in [1.165, 1.54) is 27.9 Å². The number of benzene rings is 2. The molecule has 3 heterocycles. The minimum Gasteiger partial charge on any atom is -0.317 e. The fraction of sp³-hybridized carbons (Fsp3) is 0.185. The van der Waals surface area contributed by atoms with E-state index in [0.717, 1.165) is 38.8 Å². The van der Waals surface area contributed by atoms with Gasteiger partial charge in [-0.2, -0.15) is 15.1 Å². The highest BCUT2D eigenvalue weighted by molar-refractivity contribution is 8.27. The van der Waals surface area contributed by atoms with Crippen molar-refractivity contribution in [2.24, 2.45) is 10.1 Å². The Balaban J connectivity index is 1.55. The van der Waals surface area contributed by atoms with Gasteiger partial charge in [0.25, 0.3) is 5.91 Å². The first-order chi connectivity index (χ1) is 16.3. The van der Waals surface area contributed by atoms with Gasteiger partial charge in [0.15, 0.2) is 5.84 Å². The number of amides is 1. The number of fused-ring (bicyclic) bond motifs is 1. The van der Waals surface area contributed by atoms with E-state index in [0.29, 0.717) is 5.17 Å².